The fourth-order valence-electron chi connectivity index (χ4n) is 1.40. The molecule has 1 aliphatic carbocycles. The van der Waals surface area contributed by atoms with Crippen LogP contribution in [-0.2, 0) is 0 Å². The van der Waals surface area contributed by atoms with Crippen LogP contribution < -0.4 is 5.73 Å². The van der Waals surface area contributed by atoms with Crippen LogP contribution in [0.2, 0.25) is 0 Å². The van der Waals surface area contributed by atoms with Crippen molar-refractivity contribution in [2.24, 2.45) is 17.1 Å². The molecule has 0 radical (unpaired) electrons. The second-order valence-electron chi connectivity index (χ2n) is 4.28. The minimum absolute atomic E-state index is 0.428. The molecule has 0 aromatic carbocycles. The highest BCUT2D eigenvalue weighted by molar-refractivity contribution is 5.07. The molecule has 1 unspecified atom stereocenters. The monoisotopic (exact) mass is 139 g/mol. The van der Waals surface area contributed by atoms with E-state index in [0.29, 0.717) is 5.41 Å². The quantitative estimate of drug-likeness (QED) is 0.547. The van der Waals surface area contributed by atoms with Crippen LogP contribution >= 0.6 is 0 Å². The molecule has 0 heterocycles. The van der Waals surface area contributed by atoms with Crippen molar-refractivity contribution >= 4 is 0 Å². The third-order valence-electron chi connectivity index (χ3n) is 2.37. The van der Waals surface area contributed by atoms with Crippen molar-refractivity contribution in [1.82, 2.24) is 0 Å². The minimum Gasteiger partial charge on any atom is -0.402 e. The third-order valence-corrected chi connectivity index (χ3v) is 2.37. The molecule has 0 aromatic heterocycles. The van der Waals surface area contributed by atoms with Gasteiger partial charge in [-0.1, -0.05) is 26.8 Å². The van der Waals surface area contributed by atoms with Crippen LogP contribution in [0.3, 0.4) is 0 Å². The zero-order valence-electron chi connectivity index (χ0n) is 7.15. The SMILES string of the molecule is CC(C)(C)C1CC=C(N)C1. The molecule has 0 spiro atoms. The Labute approximate surface area is 63.3 Å². The summed E-state index contributed by atoms with van der Waals surface area (Å²) in [5, 5.41) is 0. The summed E-state index contributed by atoms with van der Waals surface area (Å²) in [6, 6.07) is 0. The lowest BCUT2D eigenvalue weighted by atomic mass is 9.79. The maximum absolute atomic E-state index is 5.68. The lowest BCUT2D eigenvalue weighted by Gasteiger charge is -2.26. The van der Waals surface area contributed by atoms with Gasteiger partial charge in [-0.15, -0.1) is 0 Å². The van der Waals surface area contributed by atoms with E-state index in [9.17, 15) is 0 Å². The van der Waals surface area contributed by atoms with Gasteiger partial charge >= 0.3 is 0 Å². The molecule has 1 rings (SSSR count). The average Bonchev–Trinajstić information content (AvgIpc) is 2.11. The van der Waals surface area contributed by atoms with Crippen molar-refractivity contribution in [3.63, 3.8) is 0 Å². The Morgan fingerprint density at radius 2 is 2.10 bits per heavy atom. The van der Waals surface area contributed by atoms with Gasteiger partial charge in [0.25, 0.3) is 0 Å². The smallest absolute Gasteiger partial charge is 0.00431 e. The molecule has 1 aliphatic rings. The molecule has 1 nitrogen and oxygen atoms in total. The summed E-state index contributed by atoms with van der Waals surface area (Å²) >= 11 is 0. The number of allylic oxidation sites excluding steroid dienone is 2. The Balaban J connectivity index is 2.50. The van der Waals surface area contributed by atoms with E-state index in [1.807, 2.05) is 0 Å². The molecule has 0 aromatic rings. The van der Waals surface area contributed by atoms with Crippen molar-refractivity contribution in [2.75, 3.05) is 0 Å². The number of hydrogen-bond donors (Lipinski definition) is 1. The molecular formula is C9H17N. The first-order chi connectivity index (χ1) is 4.50. The first kappa shape index (κ1) is 7.64. The topological polar surface area (TPSA) is 26.0 Å². The number of rotatable bonds is 0. The highest BCUT2D eigenvalue weighted by Gasteiger charge is 2.27. The van der Waals surface area contributed by atoms with Gasteiger partial charge in [-0.05, 0) is 24.2 Å². The Hall–Kier alpha value is -0.460. The summed E-state index contributed by atoms with van der Waals surface area (Å²) in [5.41, 5.74) is 7.19. The summed E-state index contributed by atoms with van der Waals surface area (Å²) in [7, 11) is 0. The van der Waals surface area contributed by atoms with Gasteiger partial charge in [0.1, 0.15) is 0 Å². The normalized spacial score (nSPS) is 26.7. The van der Waals surface area contributed by atoms with Crippen LogP contribution in [0.4, 0.5) is 0 Å². The summed E-state index contributed by atoms with van der Waals surface area (Å²) in [4.78, 5) is 0. The molecule has 0 bridgehead atoms. The van der Waals surface area contributed by atoms with E-state index in [2.05, 4.69) is 26.8 Å². The average molecular weight is 139 g/mol. The van der Waals surface area contributed by atoms with Gasteiger partial charge in [0.05, 0.1) is 0 Å². The van der Waals surface area contributed by atoms with E-state index < -0.39 is 0 Å². The standard InChI is InChI=1S/C9H17N/c1-9(2,3)7-4-5-8(10)6-7/h5,7H,4,6,10H2,1-3H3. The van der Waals surface area contributed by atoms with Crippen LogP contribution in [0.5, 0.6) is 0 Å². The van der Waals surface area contributed by atoms with Gasteiger partial charge in [0, 0.05) is 5.70 Å². The lowest BCUT2D eigenvalue weighted by molar-refractivity contribution is 0.251. The molecule has 1 atom stereocenters. The van der Waals surface area contributed by atoms with E-state index >= 15 is 0 Å². The lowest BCUT2D eigenvalue weighted by Crippen LogP contribution is -2.18. The zero-order valence-corrected chi connectivity index (χ0v) is 7.15. The number of hydrogen-bond acceptors (Lipinski definition) is 1. The highest BCUT2D eigenvalue weighted by atomic mass is 14.6. The van der Waals surface area contributed by atoms with Gasteiger partial charge in [0.2, 0.25) is 0 Å². The highest BCUT2D eigenvalue weighted by Crippen LogP contribution is 2.36. The molecule has 58 valence electrons. The van der Waals surface area contributed by atoms with Gasteiger partial charge in [-0.25, -0.2) is 0 Å². The summed E-state index contributed by atoms with van der Waals surface area (Å²) in [6.45, 7) is 6.85. The van der Waals surface area contributed by atoms with Gasteiger partial charge in [-0.2, -0.15) is 0 Å². The van der Waals surface area contributed by atoms with E-state index in [1.165, 1.54) is 6.42 Å². The van der Waals surface area contributed by atoms with E-state index in [0.717, 1.165) is 18.0 Å². The van der Waals surface area contributed by atoms with Gasteiger partial charge in [-0.3, -0.25) is 0 Å². The summed E-state index contributed by atoms with van der Waals surface area (Å²) < 4.78 is 0. The van der Waals surface area contributed by atoms with Crippen molar-refractivity contribution in [1.29, 1.82) is 0 Å². The van der Waals surface area contributed by atoms with E-state index in [4.69, 9.17) is 5.73 Å². The predicted octanol–water partition coefficient (Wildman–Crippen LogP) is 2.29. The Bertz CT molecular complexity index is 151. The maximum Gasteiger partial charge on any atom is 0.00431 e. The second kappa shape index (κ2) is 2.30. The van der Waals surface area contributed by atoms with Crippen LogP contribution in [0, 0.1) is 11.3 Å². The van der Waals surface area contributed by atoms with Crippen LogP contribution in [0.1, 0.15) is 33.6 Å². The molecule has 0 saturated carbocycles. The Kier molecular flexibility index (Phi) is 1.76. The fourth-order valence-corrected chi connectivity index (χ4v) is 1.40. The minimum atomic E-state index is 0.428. The molecule has 2 N–H and O–H groups in total. The maximum atomic E-state index is 5.68. The zero-order chi connectivity index (χ0) is 7.78. The molecule has 10 heavy (non-hydrogen) atoms. The molecule has 0 amide bonds. The molecule has 1 heteroatoms. The van der Waals surface area contributed by atoms with Crippen molar-refractivity contribution in [3.8, 4) is 0 Å². The molecule has 0 saturated heterocycles. The van der Waals surface area contributed by atoms with Gasteiger partial charge in [0.15, 0.2) is 0 Å². The van der Waals surface area contributed by atoms with Crippen molar-refractivity contribution < 1.29 is 0 Å². The fraction of sp³-hybridized carbons (Fsp3) is 0.778. The van der Waals surface area contributed by atoms with Crippen molar-refractivity contribution in [2.45, 2.75) is 33.6 Å². The van der Waals surface area contributed by atoms with Gasteiger partial charge < -0.3 is 5.73 Å². The second-order valence-corrected chi connectivity index (χ2v) is 4.28. The van der Waals surface area contributed by atoms with Crippen LogP contribution in [0.25, 0.3) is 0 Å². The summed E-state index contributed by atoms with van der Waals surface area (Å²) in [6.07, 6.45) is 4.44. The summed E-state index contributed by atoms with van der Waals surface area (Å²) in [5.74, 6) is 0.771. The third kappa shape index (κ3) is 1.53. The molecule has 0 fully saturated rings. The first-order valence-electron chi connectivity index (χ1n) is 3.94. The predicted molar refractivity (Wildman–Crippen MR) is 44.4 cm³/mol. The van der Waals surface area contributed by atoms with Crippen LogP contribution in [-0.4, -0.2) is 0 Å². The molecule has 0 aliphatic heterocycles. The Morgan fingerprint density at radius 1 is 1.50 bits per heavy atom. The largest absolute Gasteiger partial charge is 0.402 e. The molecular weight excluding hydrogens is 122 g/mol. The first-order valence-corrected chi connectivity index (χ1v) is 3.94. The van der Waals surface area contributed by atoms with Crippen LogP contribution in [0.15, 0.2) is 11.8 Å². The number of nitrogens with two attached hydrogens (primary N) is 1. The van der Waals surface area contributed by atoms with Crippen molar-refractivity contribution in [3.05, 3.63) is 11.8 Å². The Morgan fingerprint density at radius 3 is 2.30 bits per heavy atom. The van der Waals surface area contributed by atoms with E-state index in [-0.39, 0.29) is 0 Å². The van der Waals surface area contributed by atoms with E-state index in [1.54, 1.807) is 0 Å².